The average molecular weight is 298 g/mol. The van der Waals surface area contributed by atoms with Crippen molar-refractivity contribution < 1.29 is 0 Å². The molecule has 6 nitrogen and oxygen atoms in total. The first kappa shape index (κ1) is 13.7. The van der Waals surface area contributed by atoms with Crippen molar-refractivity contribution >= 4 is 5.82 Å². The fraction of sp³-hybridized carbons (Fsp3) is 0.562. The van der Waals surface area contributed by atoms with Crippen molar-refractivity contribution in [3.63, 3.8) is 0 Å². The van der Waals surface area contributed by atoms with Gasteiger partial charge in [-0.3, -0.25) is 0 Å². The van der Waals surface area contributed by atoms with Gasteiger partial charge in [-0.1, -0.05) is 0 Å². The van der Waals surface area contributed by atoms with Crippen LogP contribution in [0.1, 0.15) is 18.5 Å². The maximum absolute atomic E-state index is 4.42. The Morgan fingerprint density at radius 3 is 2.41 bits per heavy atom. The quantitative estimate of drug-likeness (QED) is 0.841. The summed E-state index contributed by atoms with van der Waals surface area (Å²) in [5.41, 5.74) is 1.45. The fourth-order valence-electron chi connectivity index (χ4n) is 3.77. The van der Waals surface area contributed by atoms with Gasteiger partial charge in [-0.2, -0.15) is 5.10 Å². The summed E-state index contributed by atoms with van der Waals surface area (Å²) in [7, 11) is 2.22. The maximum Gasteiger partial charge on any atom is 0.175 e. The molecule has 2 aliphatic rings. The van der Waals surface area contributed by atoms with Gasteiger partial charge >= 0.3 is 0 Å². The Hall–Kier alpha value is -1.95. The Morgan fingerprint density at radius 1 is 1.00 bits per heavy atom. The van der Waals surface area contributed by atoms with Crippen molar-refractivity contribution in [2.24, 2.45) is 5.41 Å². The van der Waals surface area contributed by atoms with E-state index in [0.29, 0.717) is 5.41 Å². The van der Waals surface area contributed by atoms with E-state index in [9.17, 15) is 0 Å². The van der Waals surface area contributed by atoms with Crippen molar-refractivity contribution in [2.75, 3.05) is 38.1 Å². The molecule has 4 heterocycles. The van der Waals surface area contributed by atoms with Gasteiger partial charge in [-0.05, 0) is 51.6 Å². The summed E-state index contributed by atoms with van der Waals surface area (Å²) in [5, 5.41) is 13.1. The second-order valence-corrected chi connectivity index (χ2v) is 6.81. The number of anilines is 1. The summed E-state index contributed by atoms with van der Waals surface area (Å²) >= 11 is 0. The zero-order chi connectivity index (χ0) is 15.2. The van der Waals surface area contributed by atoms with Crippen molar-refractivity contribution in [3.8, 4) is 5.82 Å². The van der Waals surface area contributed by atoms with E-state index in [2.05, 4.69) is 38.2 Å². The molecule has 2 aliphatic heterocycles. The lowest BCUT2D eigenvalue weighted by molar-refractivity contribution is 0.312. The largest absolute Gasteiger partial charge is 0.355 e. The summed E-state index contributed by atoms with van der Waals surface area (Å²) in [4.78, 5) is 4.82. The third kappa shape index (κ3) is 2.37. The molecule has 0 radical (unpaired) electrons. The molecule has 0 N–H and O–H groups in total. The van der Waals surface area contributed by atoms with Crippen LogP contribution in [0.5, 0.6) is 0 Å². The maximum atomic E-state index is 4.42. The van der Waals surface area contributed by atoms with Crippen LogP contribution >= 0.6 is 0 Å². The highest BCUT2D eigenvalue weighted by molar-refractivity contribution is 5.41. The van der Waals surface area contributed by atoms with E-state index in [4.69, 9.17) is 0 Å². The van der Waals surface area contributed by atoms with Crippen molar-refractivity contribution in [2.45, 2.75) is 19.8 Å². The molecule has 2 fully saturated rings. The number of likely N-dealkylation sites (tertiary alicyclic amines) is 1. The number of rotatable bonds is 2. The number of nitrogens with zero attached hydrogens (tertiary/aromatic N) is 6. The van der Waals surface area contributed by atoms with Gasteiger partial charge in [-0.15, -0.1) is 10.2 Å². The minimum atomic E-state index is 0.466. The minimum absolute atomic E-state index is 0.466. The average Bonchev–Trinajstić information content (AvgIpc) is 3.22. The van der Waals surface area contributed by atoms with Gasteiger partial charge in [0.2, 0.25) is 0 Å². The Kier molecular flexibility index (Phi) is 3.14. The molecule has 2 aromatic heterocycles. The molecule has 2 aromatic rings. The summed E-state index contributed by atoms with van der Waals surface area (Å²) in [5.74, 6) is 1.76. The predicted octanol–water partition coefficient (Wildman–Crippen LogP) is 1.50. The normalized spacial score (nSPS) is 25.5. The third-order valence-electron chi connectivity index (χ3n) is 4.99. The van der Waals surface area contributed by atoms with Crippen LogP contribution in [0.3, 0.4) is 0 Å². The molecular weight excluding hydrogens is 276 g/mol. The first-order valence-corrected chi connectivity index (χ1v) is 7.94. The van der Waals surface area contributed by atoms with Crippen LogP contribution in [-0.2, 0) is 0 Å². The lowest BCUT2D eigenvalue weighted by Gasteiger charge is -2.24. The zero-order valence-electron chi connectivity index (χ0n) is 13.2. The fourth-order valence-corrected chi connectivity index (χ4v) is 3.77. The van der Waals surface area contributed by atoms with Crippen LogP contribution in [0.25, 0.3) is 5.82 Å². The van der Waals surface area contributed by atoms with E-state index in [-0.39, 0.29) is 0 Å². The van der Waals surface area contributed by atoms with Crippen molar-refractivity contribution in [1.82, 2.24) is 24.9 Å². The van der Waals surface area contributed by atoms with E-state index >= 15 is 0 Å². The summed E-state index contributed by atoms with van der Waals surface area (Å²) in [6.07, 6.45) is 4.48. The highest BCUT2D eigenvalue weighted by atomic mass is 15.4. The Balaban J connectivity index is 1.50. The molecule has 0 aromatic carbocycles. The molecule has 1 atom stereocenters. The number of aromatic nitrogens is 4. The molecule has 1 spiro atoms. The van der Waals surface area contributed by atoms with Crippen LogP contribution in [0.4, 0.5) is 5.82 Å². The Bertz CT molecular complexity index is 664. The van der Waals surface area contributed by atoms with Crippen molar-refractivity contribution in [3.05, 3.63) is 30.1 Å². The number of aryl methyl sites for hydroxylation is 1. The van der Waals surface area contributed by atoms with Gasteiger partial charge in [0.1, 0.15) is 0 Å². The lowest BCUT2D eigenvalue weighted by atomic mass is 9.86. The standard InChI is InChI=1S/C16H22N6/c1-13-5-8-22(19-13)15-4-3-14(17-18-15)21-10-7-16(12-21)6-9-20(2)11-16/h3-5,8H,6-7,9-12H2,1-2H3. The Labute approximate surface area is 130 Å². The molecule has 116 valence electrons. The smallest absolute Gasteiger partial charge is 0.175 e. The molecule has 6 heteroatoms. The van der Waals surface area contributed by atoms with Gasteiger partial charge in [0.25, 0.3) is 0 Å². The highest BCUT2D eigenvalue weighted by Gasteiger charge is 2.42. The number of hydrogen-bond acceptors (Lipinski definition) is 5. The third-order valence-corrected chi connectivity index (χ3v) is 4.99. The topological polar surface area (TPSA) is 50.1 Å². The molecule has 2 saturated heterocycles. The highest BCUT2D eigenvalue weighted by Crippen LogP contribution is 2.40. The molecule has 0 aliphatic carbocycles. The molecular formula is C16H22N6. The monoisotopic (exact) mass is 298 g/mol. The molecule has 1 unspecified atom stereocenters. The second kappa shape index (κ2) is 5.05. The van der Waals surface area contributed by atoms with Crippen LogP contribution in [0.2, 0.25) is 0 Å². The molecule has 22 heavy (non-hydrogen) atoms. The van der Waals surface area contributed by atoms with Gasteiger partial charge in [0.05, 0.1) is 5.69 Å². The van der Waals surface area contributed by atoms with Crippen LogP contribution in [-0.4, -0.2) is 58.1 Å². The number of hydrogen-bond donors (Lipinski definition) is 0. The van der Waals surface area contributed by atoms with E-state index in [1.165, 1.54) is 25.9 Å². The lowest BCUT2D eigenvalue weighted by Crippen LogP contribution is -2.30. The van der Waals surface area contributed by atoms with E-state index in [1.807, 2.05) is 25.3 Å². The van der Waals surface area contributed by atoms with Gasteiger partial charge in [-0.25, -0.2) is 4.68 Å². The van der Waals surface area contributed by atoms with Crippen molar-refractivity contribution in [1.29, 1.82) is 0 Å². The zero-order valence-corrected chi connectivity index (χ0v) is 13.2. The van der Waals surface area contributed by atoms with E-state index < -0.39 is 0 Å². The molecule has 0 amide bonds. The van der Waals surface area contributed by atoms with Gasteiger partial charge in [0, 0.05) is 31.2 Å². The summed E-state index contributed by atoms with van der Waals surface area (Å²) in [6, 6.07) is 6.04. The second-order valence-electron chi connectivity index (χ2n) is 6.81. The van der Waals surface area contributed by atoms with Gasteiger partial charge < -0.3 is 9.80 Å². The van der Waals surface area contributed by atoms with E-state index in [0.717, 1.165) is 30.4 Å². The molecule has 4 rings (SSSR count). The molecule has 0 bridgehead atoms. The molecule has 0 saturated carbocycles. The summed E-state index contributed by atoms with van der Waals surface area (Å²) in [6.45, 7) is 6.59. The summed E-state index contributed by atoms with van der Waals surface area (Å²) < 4.78 is 1.77. The van der Waals surface area contributed by atoms with E-state index in [1.54, 1.807) is 4.68 Å². The minimum Gasteiger partial charge on any atom is -0.355 e. The Morgan fingerprint density at radius 2 is 1.77 bits per heavy atom. The first-order valence-electron chi connectivity index (χ1n) is 7.94. The van der Waals surface area contributed by atoms with Crippen LogP contribution in [0, 0.1) is 12.3 Å². The predicted molar refractivity (Wildman–Crippen MR) is 85.3 cm³/mol. The first-order chi connectivity index (χ1) is 10.6. The van der Waals surface area contributed by atoms with Gasteiger partial charge in [0.15, 0.2) is 11.6 Å². The van der Waals surface area contributed by atoms with Crippen LogP contribution < -0.4 is 4.90 Å². The van der Waals surface area contributed by atoms with Crippen LogP contribution in [0.15, 0.2) is 24.4 Å². The SMILES string of the molecule is Cc1ccn(-c2ccc(N3CCC4(CCN(C)C4)C3)nn2)n1.